The van der Waals surface area contributed by atoms with Gasteiger partial charge in [-0.05, 0) is 44.9 Å². The van der Waals surface area contributed by atoms with E-state index < -0.39 is 5.60 Å². The zero-order valence-corrected chi connectivity index (χ0v) is 17.6. The lowest BCUT2D eigenvalue weighted by Gasteiger charge is -2.46. The van der Waals surface area contributed by atoms with E-state index >= 15 is 0 Å². The number of morpholine rings is 1. The van der Waals surface area contributed by atoms with Crippen LogP contribution in [0.25, 0.3) is 0 Å². The van der Waals surface area contributed by atoms with Crippen LogP contribution in [0.1, 0.15) is 55.3 Å². The molecule has 0 N–H and O–H groups in total. The van der Waals surface area contributed by atoms with E-state index in [1.54, 1.807) is 4.90 Å². The number of carbonyl (C=O) groups is 2. The van der Waals surface area contributed by atoms with Gasteiger partial charge in [-0.15, -0.1) is 0 Å². The van der Waals surface area contributed by atoms with Crippen molar-refractivity contribution < 1.29 is 23.8 Å². The second-order valence-electron chi connectivity index (χ2n) is 9.23. The molecule has 3 aliphatic rings. The molecule has 1 aromatic carbocycles. The number of hydrogen-bond acceptors (Lipinski definition) is 6. The summed E-state index contributed by atoms with van der Waals surface area (Å²) < 4.78 is 17.0. The topological polar surface area (TPSA) is 68.3 Å². The molecule has 0 unspecified atom stereocenters. The van der Waals surface area contributed by atoms with Gasteiger partial charge in [0.25, 0.3) is 0 Å². The van der Waals surface area contributed by atoms with Gasteiger partial charge in [0, 0.05) is 32.6 Å². The molecule has 0 aromatic heterocycles. The van der Waals surface area contributed by atoms with Crippen molar-refractivity contribution in [1.29, 1.82) is 0 Å². The van der Waals surface area contributed by atoms with Crippen LogP contribution in [0.3, 0.4) is 0 Å². The highest BCUT2D eigenvalue weighted by atomic mass is 16.6. The van der Waals surface area contributed by atoms with Crippen molar-refractivity contribution in [2.45, 2.75) is 58.0 Å². The molecule has 3 atom stereocenters. The van der Waals surface area contributed by atoms with E-state index in [1.807, 2.05) is 39.8 Å². The largest absolute Gasteiger partial charge is 0.459 e. The smallest absolute Gasteiger partial charge is 0.410 e. The minimum absolute atomic E-state index is 0.0297. The highest BCUT2D eigenvalue weighted by Gasteiger charge is 2.37. The zero-order valence-electron chi connectivity index (χ0n) is 17.6. The maximum absolute atomic E-state index is 12.4. The Morgan fingerprint density at radius 3 is 2.76 bits per heavy atom. The monoisotopic (exact) mass is 402 g/mol. The van der Waals surface area contributed by atoms with Crippen molar-refractivity contribution in [1.82, 2.24) is 9.80 Å². The third kappa shape index (κ3) is 4.41. The van der Waals surface area contributed by atoms with E-state index in [-0.39, 0.29) is 30.3 Å². The predicted octanol–water partition coefficient (Wildman–Crippen LogP) is 2.78. The molecule has 1 aromatic rings. The number of hydrogen-bond donors (Lipinski definition) is 0. The van der Waals surface area contributed by atoms with Crippen molar-refractivity contribution in [3.05, 3.63) is 34.9 Å². The summed E-state index contributed by atoms with van der Waals surface area (Å²) in [7, 11) is 0. The number of esters is 1. The quantitative estimate of drug-likeness (QED) is 0.673. The number of amides is 1. The van der Waals surface area contributed by atoms with Crippen LogP contribution >= 0.6 is 0 Å². The molecule has 0 bridgehead atoms. The summed E-state index contributed by atoms with van der Waals surface area (Å²) in [6.45, 7) is 11.0. The number of nitrogens with zero attached hydrogens (tertiary/aromatic N) is 2. The molecule has 158 valence electrons. The van der Waals surface area contributed by atoms with Crippen LogP contribution in [0.2, 0.25) is 0 Å². The number of carbonyl (C=O) groups excluding carboxylic acids is 2. The molecule has 2 fully saturated rings. The summed E-state index contributed by atoms with van der Waals surface area (Å²) in [5.74, 6) is -0.242. The van der Waals surface area contributed by atoms with E-state index in [0.29, 0.717) is 25.3 Å². The van der Waals surface area contributed by atoms with Gasteiger partial charge in [-0.25, -0.2) is 9.59 Å². The van der Waals surface area contributed by atoms with Gasteiger partial charge < -0.3 is 19.1 Å². The Balaban J connectivity index is 1.40. The van der Waals surface area contributed by atoms with Gasteiger partial charge in [0.15, 0.2) is 0 Å². The summed E-state index contributed by atoms with van der Waals surface area (Å²) >= 11 is 0. The van der Waals surface area contributed by atoms with Crippen molar-refractivity contribution in [3.8, 4) is 0 Å². The molecule has 29 heavy (non-hydrogen) atoms. The maximum Gasteiger partial charge on any atom is 0.410 e. The Morgan fingerprint density at radius 2 is 2.00 bits per heavy atom. The van der Waals surface area contributed by atoms with Crippen LogP contribution in [-0.4, -0.2) is 72.4 Å². The number of ether oxygens (including phenoxy) is 3. The molecular weight excluding hydrogens is 372 g/mol. The average molecular weight is 402 g/mol. The molecule has 0 spiro atoms. The summed E-state index contributed by atoms with van der Waals surface area (Å²) in [5.41, 5.74) is 2.30. The highest BCUT2D eigenvalue weighted by molar-refractivity contribution is 5.92. The van der Waals surface area contributed by atoms with E-state index in [2.05, 4.69) is 11.0 Å². The molecule has 3 aliphatic heterocycles. The minimum atomic E-state index is -0.487. The van der Waals surface area contributed by atoms with Crippen molar-refractivity contribution in [2.75, 3.05) is 32.8 Å². The SMILES string of the molecule is C[C@@H]1Cc2cc([C@H]3CN4CCN(C(=O)OC(C)(C)C)C[C@@H]4CO3)ccc2C(=O)O1. The van der Waals surface area contributed by atoms with Crippen LogP contribution in [0.4, 0.5) is 4.79 Å². The molecule has 1 amide bonds. The van der Waals surface area contributed by atoms with Gasteiger partial charge in [-0.3, -0.25) is 4.90 Å². The Hall–Kier alpha value is -2.12. The first-order valence-corrected chi connectivity index (χ1v) is 10.4. The highest BCUT2D eigenvalue weighted by Crippen LogP contribution is 2.30. The molecule has 4 rings (SSSR count). The molecular formula is C22H30N2O5. The number of fused-ring (bicyclic) bond motifs is 2. The Kier molecular flexibility index (Phi) is 5.29. The second-order valence-corrected chi connectivity index (χ2v) is 9.23. The summed E-state index contributed by atoms with van der Waals surface area (Å²) in [4.78, 5) is 28.6. The van der Waals surface area contributed by atoms with Gasteiger partial charge in [0.05, 0.1) is 24.3 Å². The standard InChI is InChI=1S/C22H30N2O5/c1-14-9-16-10-15(5-6-18(16)20(25)28-14)19-12-23-7-8-24(11-17(23)13-27-19)21(26)29-22(2,3)4/h5-6,10,14,17,19H,7-9,11-13H2,1-4H3/t14-,17-,19-/m1/s1. The lowest BCUT2D eigenvalue weighted by atomic mass is 9.94. The van der Waals surface area contributed by atoms with Crippen molar-refractivity contribution in [3.63, 3.8) is 0 Å². The van der Waals surface area contributed by atoms with E-state index in [4.69, 9.17) is 14.2 Å². The fourth-order valence-corrected chi connectivity index (χ4v) is 4.26. The maximum atomic E-state index is 12.4. The molecule has 0 saturated carbocycles. The number of benzene rings is 1. The Morgan fingerprint density at radius 1 is 1.21 bits per heavy atom. The summed E-state index contributed by atoms with van der Waals surface area (Å²) in [6, 6.07) is 6.10. The second kappa shape index (κ2) is 7.61. The van der Waals surface area contributed by atoms with Gasteiger partial charge in [0.2, 0.25) is 0 Å². The van der Waals surface area contributed by atoms with Gasteiger partial charge in [-0.2, -0.15) is 0 Å². The van der Waals surface area contributed by atoms with E-state index in [0.717, 1.165) is 30.6 Å². The molecule has 2 saturated heterocycles. The third-order valence-electron chi connectivity index (χ3n) is 5.68. The normalized spacial score (nSPS) is 27.7. The van der Waals surface area contributed by atoms with Crippen molar-refractivity contribution >= 4 is 12.1 Å². The molecule has 3 heterocycles. The number of piperazine rings is 1. The summed E-state index contributed by atoms with van der Waals surface area (Å²) in [5, 5.41) is 0. The third-order valence-corrected chi connectivity index (χ3v) is 5.68. The minimum Gasteiger partial charge on any atom is -0.459 e. The van der Waals surface area contributed by atoms with Crippen LogP contribution in [0.5, 0.6) is 0 Å². The molecule has 0 radical (unpaired) electrons. The fourth-order valence-electron chi connectivity index (χ4n) is 4.26. The first kappa shape index (κ1) is 20.2. The number of rotatable bonds is 1. The average Bonchev–Trinajstić information content (AvgIpc) is 2.65. The first-order chi connectivity index (χ1) is 13.7. The Bertz CT molecular complexity index is 803. The first-order valence-electron chi connectivity index (χ1n) is 10.4. The lowest BCUT2D eigenvalue weighted by Crippen LogP contribution is -2.60. The summed E-state index contributed by atoms with van der Waals surface area (Å²) in [6.07, 6.45) is 0.356. The predicted molar refractivity (Wildman–Crippen MR) is 107 cm³/mol. The molecule has 7 heteroatoms. The van der Waals surface area contributed by atoms with Gasteiger partial charge in [0.1, 0.15) is 11.7 Å². The van der Waals surface area contributed by atoms with Gasteiger partial charge >= 0.3 is 12.1 Å². The Labute approximate surface area is 171 Å². The zero-order chi connectivity index (χ0) is 20.8. The van der Waals surface area contributed by atoms with Crippen LogP contribution in [0, 0.1) is 0 Å². The van der Waals surface area contributed by atoms with E-state index in [9.17, 15) is 9.59 Å². The van der Waals surface area contributed by atoms with Crippen LogP contribution in [0.15, 0.2) is 18.2 Å². The van der Waals surface area contributed by atoms with E-state index in [1.165, 1.54) is 0 Å². The van der Waals surface area contributed by atoms with Crippen molar-refractivity contribution in [2.24, 2.45) is 0 Å². The van der Waals surface area contributed by atoms with Crippen LogP contribution in [-0.2, 0) is 20.6 Å². The molecule has 7 nitrogen and oxygen atoms in total. The fraction of sp³-hybridized carbons (Fsp3) is 0.636. The van der Waals surface area contributed by atoms with Gasteiger partial charge in [-0.1, -0.05) is 12.1 Å². The lowest BCUT2D eigenvalue weighted by molar-refractivity contribution is -0.0906. The number of cyclic esters (lactones) is 1. The van der Waals surface area contributed by atoms with Crippen LogP contribution < -0.4 is 0 Å². The molecule has 0 aliphatic carbocycles.